The number of methoxy groups -OCH3 is 3. The van der Waals surface area contributed by atoms with Crippen molar-refractivity contribution >= 4 is 11.6 Å². The largest absolute Gasteiger partial charge is 0.497 e. The Hall–Kier alpha value is -3.84. The zero-order valence-corrected chi connectivity index (χ0v) is 20.6. The van der Waals surface area contributed by atoms with Gasteiger partial charge in [0.15, 0.2) is 0 Å². The molecule has 0 fully saturated rings. The van der Waals surface area contributed by atoms with Gasteiger partial charge in [0.25, 0.3) is 5.91 Å². The van der Waals surface area contributed by atoms with Crippen molar-refractivity contribution in [2.45, 2.75) is 19.0 Å². The number of hydrogen-bond acceptors (Lipinski definition) is 6. The maximum Gasteiger partial charge on any atom is 0.257 e. The maximum atomic E-state index is 13.6. The molecule has 1 amide bonds. The van der Waals surface area contributed by atoms with Crippen LogP contribution in [0.25, 0.3) is 0 Å². The fourth-order valence-corrected chi connectivity index (χ4v) is 4.31. The minimum absolute atomic E-state index is 0.0869. The topological polar surface area (TPSA) is 63.6 Å². The number of likely N-dealkylation sites (N-methyl/N-ethyl adjacent to an activating group) is 1. The summed E-state index contributed by atoms with van der Waals surface area (Å²) in [7, 11) is 6.83. The molecule has 0 aromatic heterocycles. The average molecular weight is 474 g/mol. The number of carbonyl (C=O) groups is 1. The Labute approximate surface area is 206 Å². The number of rotatable bonds is 9. The number of nitrogens with zero attached hydrogens (tertiary/aromatic N) is 3. The first-order valence-corrected chi connectivity index (χ1v) is 11.5. The van der Waals surface area contributed by atoms with Crippen LogP contribution in [-0.2, 0) is 11.3 Å². The van der Waals surface area contributed by atoms with Gasteiger partial charge in [-0.2, -0.15) is 5.10 Å². The Morgan fingerprint density at radius 3 is 2.40 bits per heavy atom. The molecule has 0 saturated heterocycles. The van der Waals surface area contributed by atoms with Crippen molar-refractivity contribution in [2.75, 3.05) is 34.9 Å². The van der Waals surface area contributed by atoms with E-state index >= 15 is 0 Å². The summed E-state index contributed by atoms with van der Waals surface area (Å²) < 4.78 is 16.5. The highest BCUT2D eigenvalue weighted by atomic mass is 16.5. The Morgan fingerprint density at radius 2 is 1.69 bits per heavy atom. The van der Waals surface area contributed by atoms with Gasteiger partial charge in [0.2, 0.25) is 0 Å². The molecule has 0 bridgehead atoms. The molecule has 0 spiro atoms. The van der Waals surface area contributed by atoms with Gasteiger partial charge in [0.1, 0.15) is 17.2 Å². The van der Waals surface area contributed by atoms with E-state index in [4.69, 9.17) is 19.3 Å². The zero-order chi connectivity index (χ0) is 24.8. The number of amides is 1. The minimum Gasteiger partial charge on any atom is -0.497 e. The third kappa shape index (κ3) is 5.63. The smallest absolute Gasteiger partial charge is 0.257 e. The normalized spacial score (nSPS) is 15.2. The molecule has 7 nitrogen and oxygen atoms in total. The van der Waals surface area contributed by atoms with Gasteiger partial charge in [-0.1, -0.05) is 42.5 Å². The molecule has 7 heteroatoms. The molecule has 1 aliphatic heterocycles. The van der Waals surface area contributed by atoms with E-state index in [2.05, 4.69) is 12.1 Å². The van der Waals surface area contributed by atoms with Crippen LogP contribution in [0.4, 0.5) is 0 Å². The van der Waals surface area contributed by atoms with Crippen LogP contribution in [0.2, 0.25) is 0 Å². The minimum atomic E-state index is -0.320. The van der Waals surface area contributed by atoms with Gasteiger partial charge in [-0.05, 0) is 42.9 Å². The molecule has 1 atom stereocenters. The van der Waals surface area contributed by atoms with Crippen molar-refractivity contribution in [3.63, 3.8) is 0 Å². The van der Waals surface area contributed by atoms with E-state index in [0.717, 1.165) is 28.2 Å². The number of carbonyl (C=O) groups excluding carboxylic acids is 1. The molecule has 0 aliphatic carbocycles. The number of hydrazone groups is 1. The molecular formula is C28H31N3O4. The van der Waals surface area contributed by atoms with Gasteiger partial charge < -0.3 is 14.2 Å². The Balaban J connectivity index is 1.65. The molecule has 35 heavy (non-hydrogen) atoms. The van der Waals surface area contributed by atoms with Crippen LogP contribution < -0.4 is 14.2 Å². The summed E-state index contributed by atoms with van der Waals surface area (Å²) in [5.74, 6) is 2.04. The summed E-state index contributed by atoms with van der Waals surface area (Å²) in [6, 6.07) is 23.1. The van der Waals surface area contributed by atoms with E-state index in [9.17, 15) is 4.79 Å². The van der Waals surface area contributed by atoms with Gasteiger partial charge in [-0.25, -0.2) is 5.01 Å². The predicted octanol–water partition coefficient (Wildman–Crippen LogP) is 4.52. The highest BCUT2D eigenvalue weighted by Crippen LogP contribution is 2.39. The summed E-state index contributed by atoms with van der Waals surface area (Å²) >= 11 is 0. The van der Waals surface area contributed by atoms with Crippen LogP contribution in [0.15, 0.2) is 77.9 Å². The lowest BCUT2D eigenvalue weighted by Gasteiger charge is -2.26. The lowest BCUT2D eigenvalue weighted by molar-refractivity contribution is -0.134. The fraction of sp³-hybridized carbons (Fsp3) is 0.286. The second-order valence-electron chi connectivity index (χ2n) is 8.50. The monoisotopic (exact) mass is 473 g/mol. The standard InChI is InChI=1S/C28H31N3O4/c1-30(18-20-9-6-5-7-10-20)19-28(32)31-26(24-16-23(34-3)13-14-27(24)35-4)17-25(29-31)21-11-8-12-22(15-21)33-2/h5-16,26H,17-19H2,1-4H3. The molecule has 3 aromatic carbocycles. The van der Waals surface area contributed by atoms with Crippen LogP contribution in [0, 0.1) is 0 Å². The van der Waals surface area contributed by atoms with Crippen molar-refractivity contribution in [3.8, 4) is 17.2 Å². The van der Waals surface area contributed by atoms with Crippen molar-refractivity contribution in [3.05, 3.63) is 89.5 Å². The van der Waals surface area contributed by atoms with Crippen LogP contribution >= 0.6 is 0 Å². The average Bonchev–Trinajstić information content (AvgIpc) is 3.34. The molecule has 1 unspecified atom stereocenters. The van der Waals surface area contributed by atoms with Crippen molar-refractivity contribution in [1.82, 2.24) is 9.91 Å². The lowest BCUT2D eigenvalue weighted by Crippen LogP contribution is -2.36. The van der Waals surface area contributed by atoms with E-state index in [1.165, 1.54) is 0 Å². The van der Waals surface area contributed by atoms with Crippen LogP contribution in [0.3, 0.4) is 0 Å². The predicted molar refractivity (Wildman–Crippen MR) is 136 cm³/mol. The van der Waals surface area contributed by atoms with E-state index in [1.54, 1.807) is 26.3 Å². The Morgan fingerprint density at radius 1 is 0.943 bits per heavy atom. The highest BCUT2D eigenvalue weighted by molar-refractivity contribution is 6.03. The van der Waals surface area contributed by atoms with E-state index in [1.807, 2.05) is 72.6 Å². The van der Waals surface area contributed by atoms with E-state index in [-0.39, 0.29) is 18.5 Å². The van der Waals surface area contributed by atoms with Crippen LogP contribution in [-0.4, -0.2) is 56.4 Å². The van der Waals surface area contributed by atoms with E-state index < -0.39 is 0 Å². The summed E-state index contributed by atoms with van der Waals surface area (Å²) in [6.07, 6.45) is 0.546. The highest BCUT2D eigenvalue weighted by Gasteiger charge is 2.35. The molecule has 0 N–H and O–H groups in total. The lowest BCUT2D eigenvalue weighted by atomic mass is 9.97. The quantitative estimate of drug-likeness (QED) is 0.457. The first-order chi connectivity index (χ1) is 17.0. The molecule has 0 radical (unpaired) electrons. The third-order valence-electron chi connectivity index (χ3n) is 6.07. The molecule has 4 rings (SSSR count). The molecule has 3 aromatic rings. The molecule has 1 aliphatic rings. The van der Waals surface area contributed by atoms with Crippen LogP contribution in [0.1, 0.15) is 29.2 Å². The van der Waals surface area contributed by atoms with E-state index in [0.29, 0.717) is 24.5 Å². The number of benzene rings is 3. The fourth-order valence-electron chi connectivity index (χ4n) is 4.31. The van der Waals surface area contributed by atoms with Gasteiger partial charge in [-0.15, -0.1) is 0 Å². The number of ether oxygens (including phenoxy) is 3. The first-order valence-electron chi connectivity index (χ1n) is 11.5. The second kappa shape index (κ2) is 11.1. The maximum absolute atomic E-state index is 13.6. The van der Waals surface area contributed by atoms with Gasteiger partial charge in [0, 0.05) is 24.1 Å². The van der Waals surface area contributed by atoms with Crippen molar-refractivity contribution in [1.29, 1.82) is 0 Å². The van der Waals surface area contributed by atoms with Gasteiger partial charge in [0.05, 0.1) is 39.6 Å². The zero-order valence-electron chi connectivity index (χ0n) is 20.6. The Bertz CT molecular complexity index is 1200. The molecule has 0 saturated carbocycles. The SMILES string of the molecule is COc1cccc(C2=NN(C(=O)CN(C)Cc3ccccc3)C(c3cc(OC)ccc3OC)C2)c1. The summed E-state index contributed by atoms with van der Waals surface area (Å²) in [5.41, 5.74) is 3.74. The molecule has 1 heterocycles. The van der Waals surface area contributed by atoms with Gasteiger partial charge >= 0.3 is 0 Å². The second-order valence-corrected chi connectivity index (χ2v) is 8.50. The van der Waals surface area contributed by atoms with Crippen LogP contribution in [0.5, 0.6) is 17.2 Å². The summed E-state index contributed by atoms with van der Waals surface area (Å²) in [5, 5.41) is 6.40. The summed E-state index contributed by atoms with van der Waals surface area (Å²) in [6.45, 7) is 0.895. The molecular weight excluding hydrogens is 442 g/mol. The third-order valence-corrected chi connectivity index (χ3v) is 6.07. The van der Waals surface area contributed by atoms with Crippen molar-refractivity contribution in [2.24, 2.45) is 5.10 Å². The summed E-state index contributed by atoms with van der Waals surface area (Å²) in [4.78, 5) is 15.6. The first kappa shape index (κ1) is 24.3. The molecule has 182 valence electrons. The van der Waals surface area contributed by atoms with Crippen molar-refractivity contribution < 1.29 is 19.0 Å². The van der Waals surface area contributed by atoms with Gasteiger partial charge in [-0.3, -0.25) is 9.69 Å². The number of hydrogen-bond donors (Lipinski definition) is 0. The Kier molecular flexibility index (Phi) is 7.67.